The second-order valence-electron chi connectivity index (χ2n) is 5.97. The van der Waals surface area contributed by atoms with Crippen LogP contribution in [-0.2, 0) is 23.8 Å². The second-order valence-corrected chi connectivity index (χ2v) is 5.97. The number of benzene rings is 2. The maximum Gasteiger partial charge on any atom is 0.418 e. The van der Waals surface area contributed by atoms with Gasteiger partial charge in [0.25, 0.3) is 5.91 Å². The molecule has 0 heterocycles. The Hall–Kier alpha value is -3.27. The number of halogens is 3. The molecule has 0 saturated carbocycles. The van der Waals surface area contributed by atoms with E-state index in [0.717, 1.165) is 23.4 Å². The molecule has 0 aliphatic heterocycles. The van der Waals surface area contributed by atoms with E-state index in [9.17, 15) is 23.2 Å². The van der Waals surface area contributed by atoms with Gasteiger partial charge in [-0.15, -0.1) is 0 Å². The SMILES string of the molecule is CCc1cccc(CC)c1NC(=O)/C(C#N)=C\Nc1ccccc1C(F)(F)F. The number of anilines is 2. The van der Waals surface area contributed by atoms with Gasteiger partial charge in [-0.2, -0.15) is 18.4 Å². The van der Waals surface area contributed by atoms with Crippen molar-refractivity contribution in [2.45, 2.75) is 32.9 Å². The Labute approximate surface area is 161 Å². The number of nitrogens with one attached hydrogen (secondary N) is 2. The molecule has 1 amide bonds. The normalized spacial score (nSPS) is 11.6. The van der Waals surface area contributed by atoms with Gasteiger partial charge in [-0.1, -0.05) is 44.2 Å². The molecule has 0 bridgehead atoms. The van der Waals surface area contributed by atoms with Crippen LogP contribution in [0, 0.1) is 11.3 Å². The minimum absolute atomic E-state index is 0.237. The van der Waals surface area contributed by atoms with E-state index in [-0.39, 0.29) is 11.3 Å². The minimum Gasteiger partial charge on any atom is -0.360 e. The van der Waals surface area contributed by atoms with Crippen LogP contribution in [0.25, 0.3) is 0 Å². The van der Waals surface area contributed by atoms with Crippen LogP contribution < -0.4 is 10.6 Å². The van der Waals surface area contributed by atoms with E-state index in [1.807, 2.05) is 32.0 Å². The third-order valence-corrected chi connectivity index (χ3v) is 4.21. The smallest absolute Gasteiger partial charge is 0.360 e. The van der Waals surface area contributed by atoms with Crippen molar-refractivity contribution in [1.29, 1.82) is 5.26 Å². The lowest BCUT2D eigenvalue weighted by Crippen LogP contribution is -2.17. The van der Waals surface area contributed by atoms with Crippen molar-refractivity contribution in [3.8, 4) is 6.07 Å². The molecule has 0 radical (unpaired) electrons. The van der Waals surface area contributed by atoms with Crippen molar-refractivity contribution in [1.82, 2.24) is 0 Å². The molecule has 28 heavy (non-hydrogen) atoms. The molecule has 0 fully saturated rings. The molecule has 2 rings (SSSR count). The van der Waals surface area contributed by atoms with E-state index in [1.165, 1.54) is 18.2 Å². The fourth-order valence-electron chi connectivity index (χ4n) is 2.74. The van der Waals surface area contributed by atoms with Gasteiger partial charge in [0.05, 0.1) is 11.3 Å². The summed E-state index contributed by atoms with van der Waals surface area (Å²) in [7, 11) is 0. The Bertz CT molecular complexity index is 905. The van der Waals surface area contributed by atoms with E-state index in [2.05, 4.69) is 10.6 Å². The lowest BCUT2D eigenvalue weighted by Gasteiger charge is -2.15. The number of nitriles is 1. The van der Waals surface area contributed by atoms with E-state index in [4.69, 9.17) is 0 Å². The third-order valence-electron chi connectivity index (χ3n) is 4.21. The molecule has 2 N–H and O–H groups in total. The first-order valence-electron chi connectivity index (χ1n) is 8.76. The first-order valence-corrected chi connectivity index (χ1v) is 8.76. The topological polar surface area (TPSA) is 64.9 Å². The summed E-state index contributed by atoms with van der Waals surface area (Å²) in [6, 6.07) is 12.2. The third kappa shape index (κ3) is 4.92. The van der Waals surface area contributed by atoms with Gasteiger partial charge in [0.15, 0.2) is 0 Å². The summed E-state index contributed by atoms with van der Waals surface area (Å²) in [5, 5.41) is 14.4. The number of rotatable bonds is 6. The highest BCUT2D eigenvalue weighted by Crippen LogP contribution is 2.34. The Morgan fingerprint density at radius 2 is 1.68 bits per heavy atom. The van der Waals surface area contributed by atoms with Crippen LogP contribution in [0.5, 0.6) is 0 Å². The molecule has 2 aromatic rings. The summed E-state index contributed by atoms with van der Waals surface area (Å²) < 4.78 is 39.2. The zero-order chi connectivity index (χ0) is 20.7. The molecule has 0 unspecified atom stereocenters. The lowest BCUT2D eigenvalue weighted by atomic mass is 10.0. The zero-order valence-electron chi connectivity index (χ0n) is 15.5. The summed E-state index contributed by atoms with van der Waals surface area (Å²) in [5.74, 6) is -0.685. The molecular weight excluding hydrogens is 367 g/mol. The number of amides is 1. The summed E-state index contributed by atoms with van der Waals surface area (Å²) in [6.45, 7) is 3.89. The average Bonchev–Trinajstić information content (AvgIpc) is 2.68. The first-order chi connectivity index (χ1) is 13.3. The molecule has 2 aromatic carbocycles. The molecule has 0 saturated heterocycles. The van der Waals surface area contributed by atoms with Crippen molar-refractivity contribution in [2.24, 2.45) is 0 Å². The van der Waals surface area contributed by atoms with Crippen LogP contribution in [0.4, 0.5) is 24.5 Å². The van der Waals surface area contributed by atoms with Gasteiger partial charge in [0, 0.05) is 11.9 Å². The summed E-state index contributed by atoms with van der Waals surface area (Å²) in [5.41, 5.74) is 1.02. The summed E-state index contributed by atoms with van der Waals surface area (Å²) in [4.78, 5) is 12.5. The minimum atomic E-state index is -4.55. The molecule has 0 aliphatic carbocycles. The molecule has 0 spiro atoms. The van der Waals surface area contributed by atoms with Gasteiger partial charge in [0.2, 0.25) is 0 Å². The van der Waals surface area contributed by atoms with Gasteiger partial charge >= 0.3 is 6.18 Å². The largest absolute Gasteiger partial charge is 0.418 e. The monoisotopic (exact) mass is 387 g/mol. The Balaban J connectivity index is 2.28. The Kier molecular flexibility index (Phi) is 6.83. The van der Waals surface area contributed by atoms with Crippen molar-refractivity contribution < 1.29 is 18.0 Å². The molecule has 4 nitrogen and oxygen atoms in total. The second kappa shape index (κ2) is 9.09. The Morgan fingerprint density at radius 1 is 1.07 bits per heavy atom. The highest BCUT2D eigenvalue weighted by atomic mass is 19.4. The molecule has 0 aromatic heterocycles. The number of carbonyl (C=O) groups excluding carboxylic acids is 1. The van der Waals surface area contributed by atoms with Crippen LogP contribution in [0.2, 0.25) is 0 Å². The van der Waals surface area contributed by atoms with Crippen molar-refractivity contribution in [3.63, 3.8) is 0 Å². The fourth-order valence-corrected chi connectivity index (χ4v) is 2.74. The van der Waals surface area contributed by atoms with Gasteiger partial charge in [-0.3, -0.25) is 4.79 Å². The zero-order valence-corrected chi connectivity index (χ0v) is 15.5. The van der Waals surface area contributed by atoms with Crippen LogP contribution in [0.3, 0.4) is 0 Å². The average molecular weight is 387 g/mol. The quantitative estimate of drug-likeness (QED) is 0.523. The highest BCUT2D eigenvalue weighted by Gasteiger charge is 2.33. The van der Waals surface area contributed by atoms with Crippen LogP contribution in [0.1, 0.15) is 30.5 Å². The van der Waals surface area contributed by atoms with Crippen LogP contribution in [0.15, 0.2) is 54.2 Å². The molecule has 7 heteroatoms. The van der Waals surface area contributed by atoms with Crippen LogP contribution in [-0.4, -0.2) is 5.91 Å². The van der Waals surface area contributed by atoms with Crippen molar-refractivity contribution in [3.05, 3.63) is 70.9 Å². The first kappa shape index (κ1) is 21.0. The number of nitrogens with zero attached hydrogens (tertiary/aromatic N) is 1. The molecule has 146 valence electrons. The van der Waals surface area contributed by atoms with E-state index in [0.29, 0.717) is 18.5 Å². The lowest BCUT2D eigenvalue weighted by molar-refractivity contribution is -0.136. The van der Waals surface area contributed by atoms with E-state index in [1.54, 1.807) is 6.07 Å². The number of para-hydroxylation sites is 2. The number of aryl methyl sites for hydroxylation is 2. The van der Waals surface area contributed by atoms with Gasteiger partial charge in [0.1, 0.15) is 11.6 Å². The van der Waals surface area contributed by atoms with Gasteiger partial charge < -0.3 is 10.6 Å². The standard InChI is InChI=1S/C21H20F3N3O/c1-3-14-8-7-9-15(4-2)19(14)27-20(28)16(12-25)13-26-18-11-6-5-10-17(18)21(22,23)24/h5-11,13,26H,3-4H2,1-2H3,(H,27,28)/b16-13-. The number of hydrogen-bond acceptors (Lipinski definition) is 3. The fraction of sp³-hybridized carbons (Fsp3) is 0.238. The number of hydrogen-bond donors (Lipinski definition) is 2. The molecule has 0 atom stereocenters. The maximum absolute atomic E-state index is 13.1. The maximum atomic E-state index is 13.1. The van der Waals surface area contributed by atoms with E-state index >= 15 is 0 Å². The summed E-state index contributed by atoms with van der Waals surface area (Å²) >= 11 is 0. The highest BCUT2D eigenvalue weighted by molar-refractivity contribution is 6.07. The predicted octanol–water partition coefficient (Wildman–Crippen LogP) is 5.29. The number of carbonyl (C=O) groups is 1. The van der Waals surface area contributed by atoms with Crippen molar-refractivity contribution >= 4 is 17.3 Å². The summed E-state index contributed by atoms with van der Waals surface area (Å²) in [6.07, 6.45) is -2.19. The Morgan fingerprint density at radius 3 is 2.21 bits per heavy atom. The van der Waals surface area contributed by atoms with Crippen molar-refractivity contribution in [2.75, 3.05) is 10.6 Å². The number of alkyl halides is 3. The predicted molar refractivity (Wildman–Crippen MR) is 103 cm³/mol. The molecule has 0 aliphatic rings. The van der Waals surface area contributed by atoms with Gasteiger partial charge in [-0.25, -0.2) is 0 Å². The van der Waals surface area contributed by atoms with Crippen LogP contribution >= 0.6 is 0 Å². The molecular formula is C21H20F3N3O. The van der Waals surface area contributed by atoms with Gasteiger partial charge in [-0.05, 0) is 36.1 Å². The van der Waals surface area contributed by atoms with E-state index < -0.39 is 17.6 Å².